The third kappa shape index (κ3) is 1.88. The second-order valence-electron chi connectivity index (χ2n) is 3.77. The average molecular weight is 257 g/mol. The Kier molecular flexibility index (Phi) is 3.06. The minimum Gasteiger partial charge on any atom is -0.382 e. The Morgan fingerprint density at radius 1 is 1.50 bits per heavy atom. The molecule has 0 amide bonds. The SMILES string of the molecule is Cc1cc(C(O)c2c(Cl)cnn2C)c(C)s1. The van der Waals surface area contributed by atoms with E-state index in [0.717, 1.165) is 10.4 Å². The van der Waals surface area contributed by atoms with Crippen molar-refractivity contribution in [2.24, 2.45) is 7.05 Å². The van der Waals surface area contributed by atoms with Crippen LogP contribution in [0.2, 0.25) is 5.02 Å². The van der Waals surface area contributed by atoms with Crippen molar-refractivity contribution in [3.63, 3.8) is 0 Å². The molecule has 0 aliphatic carbocycles. The molecule has 0 bridgehead atoms. The number of hydrogen-bond donors (Lipinski definition) is 1. The zero-order valence-electron chi connectivity index (χ0n) is 9.36. The minimum absolute atomic E-state index is 0.498. The molecule has 2 rings (SSSR count). The number of nitrogens with zero attached hydrogens (tertiary/aromatic N) is 2. The van der Waals surface area contributed by atoms with E-state index in [9.17, 15) is 5.11 Å². The zero-order valence-corrected chi connectivity index (χ0v) is 10.9. The lowest BCUT2D eigenvalue weighted by Gasteiger charge is -2.11. The van der Waals surface area contributed by atoms with Crippen molar-refractivity contribution in [1.82, 2.24) is 9.78 Å². The van der Waals surface area contributed by atoms with Crippen molar-refractivity contribution in [2.45, 2.75) is 20.0 Å². The minimum atomic E-state index is -0.704. The fourth-order valence-corrected chi connectivity index (χ4v) is 3.02. The second-order valence-corrected chi connectivity index (χ2v) is 5.64. The third-order valence-electron chi connectivity index (χ3n) is 2.57. The maximum atomic E-state index is 10.3. The number of aliphatic hydroxyl groups is 1. The Morgan fingerprint density at radius 3 is 2.62 bits per heavy atom. The predicted octanol–water partition coefficient (Wildman–Crippen LogP) is 2.83. The van der Waals surface area contributed by atoms with Crippen LogP contribution in [0.5, 0.6) is 0 Å². The van der Waals surface area contributed by atoms with Crippen LogP contribution in [0.1, 0.15) is 27.1 Å². The summed E-state index contributed by atoms with van der Waals surface area (Å²) in [5, 5.41) is 14.8. The van der Waals surface area contributed by atoms with Crippen molar-refractivity contribution in [1.29, 1.82) is 0 Å². The van der Waals surface area contributed by atoms with Crippen LogP contribution in [0.4, 0.5) is 0 Å². The van der Waals surface area contributed by atoms with Crippen LogP contribution in [0, 0.1) is 13.8 Å². The van der Waals surface area contributed by atoms with Gasteiger partial charge in [0.15, 0.2) is 0 Å². The fraction of sp³-hybridized carbons (Fsp3) is 0.364. The van der Waals surface area contributed by atoms with Gasteiger partial charge in [-0.1, -0.05) is 11.6 Å². The summed E-state index contributed by atoms with van der Waals surface area (Å²) in [6.07, 6.45) is 0.847. The van der Waals surface area contributed by atoms with Gasteiger partial charge in [0.25, 0.3) is 0 Å². The first-order valence-corrected chi connectivity index (χ1v) is 6.12. The molecule has 0 saturated heterocycles. The first kappa shape index (κ1) is 11.6. The average Bonchev–Trinajstić information content (AvgIpc) is 2.70. The highest BCUT2D eigenvalue weighted by Gasteiger charge is 2.21. The maximum absolute atomic E-state index is 10.3. The number of aromatic nitrogens is 2. The standard InChI is InChI=1S/C11H13ClN2OS/c1-6-4-8(7(2)16-6)11(15)10-9(12)5-13-14(10)3/h4-5,11,15H,1-3H3. The number of aryl methyl sites for hydroxylation is 3. The lowest BCUT2D eigenvalue weighted by Crippen LogP contribution is -2.07. The van der Waals surface area contributed by atoms with Gasteiger partial charge >= 0.3 is 0 Å². The number of rotatable bonds is 2. The predicted molar refractivity (Wildman–Crippen MR) is 66.1 cm³/mol. The normalized spacial score (nSPS) is 13.1. The highest BCUT2D eigenvalue weighted by molar-refractivity contribution is 7.12. The van der Waals surface area contributed by atoms with Gasteiger partial charge in [0.1, 0.15) is 6.10 Å². The second kappa shape index (κ2) is 4.20. The molecule has 16 heavy (non-hydrogen) atoms. The number of thiophene rings is 1. The molecule has 0 radical (unpaired) electrons. The van der Waals surface area contributed by atoms with Crippen LogP contribution in [0.3, 0.4) is 0 Å². The molecule has 2 aromatic heterocycles. The molecule has 0 fully saturated rings. The fourth-order valence-electron chi connectivity index (χ4n) is 1.80. The van der Waals surface area contributed by atoms with Gasteiger partial charge in [0.2, 0.25) is 0 Å². The number of aliphatic hydroxyl groups excluding tert-OH is 1. The van der Waals surface area contributed by atoms with Gasteiger partial charge in [-0.25, -0.2) is 0 Å². The van der Waals surface area contributed by atoms with E-state index in [1.165, 1.54) is 4.88 Å². The highest BCUT2D eigenvalue weighted by Crippen LogP contribution is 2.33. The maximum Gasteiger partial charge on any atom is 0.123 e. The zero-order chi connectivity index (χ0) is 11.9. The van der Waals surface area contributed by atoms with E-state index in [1.807, 2.05) is 19.9 Å². The summed E-state index contributed by atoms with van der Waals surface area (Å²) in [6.45, 7) is 4.03. The summed E-state index contributed by atoms with van der Waals surface area (Å²) in [5.74, 6) is 0. The molecule has 2 aromatic rings. The molecule has 1 atom stereocenters. The molecular formula is C11H13ClN2OS. The van der Waals surface area contributed by atoms with Crippen LogP contribution < -0.4 is 0 Å². The molecule has 0 aliphatic heterocycles. The van der Waals surface area contributed by atoms with Gasteiger partial charge in [-0.2, -0.15) is 5.10 Å². The quantitative estimate of drug-likeness (QED) is 0.897. The van der Waals surface area contributed by atoms with Crippen molar-refractivity contribution >= 4 is 22.9 Å². The van der Waals surface area contributed by atoms with E-state index in [2.05, 4.69) is 5.10 Å². The first-order valence-electron chi connectivity index (χ1n) is 4.93. The van der Waals surface area contributed by atoms with E-state index in [1.54, 1.807) is 29.3 Å². The molecule has 3 nitrogen and oxygen atoms in total. The Labute approximate surface area is 103 Å². The van der Waals surface area contributed by atoms with Crippen LogP contribution in [0.15, 0.2) is 12.3 Å². The molecule has 86 valence electrons. The molecule has 0 aliphatic rings. The molecule has 2 heterocycles. The van der Waals surface area contributed by atoms with Gasteiger partial charge in [0.05, 0.1) is 16.9 Å². The first-order chi connectivity index (χ1) is 7.50. The summed E-state index contributed by atoms with van der Waals surface area (Å²) in [6, 6.07) is 1.99. The summed E-state index contributed by atoms with van der Waals surface area (Å²) in [5.41, 5.74) is 1.55. The van der Waals surface area contributed by atoms with Crippen molar-refractivity contribution in [3.8, 4) is 0 Å². The summed E-state index contributed by atoms with van der Waals surface area (Å²) in [4.78, 5) is 2.30. The van der Waals surface area contributed by atoms with E-state index in [-0.39, 0.29) is 0 Å². The largest absolute Gasteiger partial charge is 0.382 e. The molecule has 0 aromatic carbocycles. The van der Waals surface area contributed by atoms with Gasteiger partial charge in [-0.3, -0.25) is 4.68 Å². The number of halogens is 1. The van der Waals surface area contributed by atoms with Crippen molar-refractivity contribution in [2.75, 3.05) is 0 Å². The van der Waals surface area contributed by atoms with Crippen molar-refractivity contribution in [3.05, 3.63) is 38.3 Å². The Morgan fingerprint density at radius 2 is 2.19 bits per heavy atom. The molecule has 1 unspecified atom stereocenters. The van der Waals surface area contributed by atoms with E-state index in [0.29, 0.717) is 10.7 Å². The van der Waals surface area contributed by atoms with Gasteiger partial charge in [-0.15, -0.1) is 11.3 Å². The van der Waals surface area contributed by atoms with Crippen LogP contribution in [0.25, 0.3) is 0 Å². The molecule has 0 spiro atoms. The lowest BCUT2D eigenvalue weighted by atomic mass is 10.1. The summed E-state index contributed by atoms with van der Waals surface area (Å²) < 4.78 is 1.61. The van der Waals surface area contributed by atoms with E-state index in [4.69, 9.17) is 11.6 Å². The lowest BCUT2D eigenvalue weighted by molar-refractivity contribution is 0.209. The van der Waals surface area contributed by atoms with Crippen LogP contribution in [-0.2, 0) is 7.05 Å². The van der Waals surface area contributed by atoms with Gasteiger partial charge in [-0.05, 0) is 19.9 Å². The monoisotopic (exact) mass is 256 g/mol. The third-order valence-corrected chi connectivity index (χ3v) is 3.84. The number of hydrogen-bond acceptors (Lipinski definition) is 3. The smallest absolute Gasteiger partial charge is 0.123 e. The Hall–Kier alpha value is -0.840. The molecule has 0 saturated carbocycles. The summed E-state index contributed by atoms with van der Waals surface area (Å²) in [7, 11) is 1.78. The van der Waals surface area contributed by atoms with Crippen LogP contribution >= 0.6 is 22.9 Å². The van der Waals surface area contributed by atoms with Gasteiger partial charge in [0, 0.05) is 22.4 Å². The Bertz CT molecular complexity index is 499. The van der Waals surface area contributed by atoms with Crippen molar-refractivity contribution < 1.29 is 5.11 Å². The summed E-state index contributed by atoms with van der Waals surface area (Å²) >= 11 is 7.68. The molecule has 5 heteroatoms. The van der Waals surface area contributed by atoms with Gasteiger partial charge < -0.3 is 5.11 Å². The topological polar surface area (TPSA) is 38.1 Å². The molecule has 1 N–H and O–H groups in total. The van der Waals surface area contributed by atoms with E-state index >= 15 is 0 Å². The highest BCUT2D eigenvalue weighted by atomic mass is 35.5. The van der Waals surface area contributed by atoms with Crippen LogP contribution in [-0.4, -0.2) is 14.9 Å². The Balaban J connectivity index is 2.46. The molecular weight excluding hydrogens is 244 g/mol. The van der Waals surface area contributed by atoms with E-state index < -0.39 is 6.10 Å².